The summed E-state index contributed by atoms with van der Waals surface area (Å²) in [6, 6.07) is 3.48. The zero-order valence-corrected chi connectivity index (χ0v) is 13.5. The van der Waals surface area contributed by atoms with Crippen molar-refractivity contribution < 1.29 is 14.3 Å². The van der Waals surface area contributed by atoms with Crippen LogP contribution >= 0.6 is 15.9 Å². The highest BCUT2D eigenvalue weighted by atomic mass is 79.9. The molecule has 21 heavy (non-hydrogen) atoms. The Bertz CT molecular complexity index is 574. The van der Waals surface area contributed by atoms with Crippen LogP contribution in [-0.4, -0.2) is 31.2 Å². The molecule has 0 aromatic heterocycles. The fourth-order valence-electron chi connectivity index (χ4n) is 2.61. The summed E-state index contributed by atoms with van der Waals surface area (Å²) in [5.41, 5.74) is 6.06. The van der Waals surface area contributed by atoms with Gasteiger partial charge >= 0.3 is 0 Å². The van der Waals surface area contributed by atoms with Gasteiger partial charge in [-0.15, -0.1) is 0 Å². The number of carbonyl (C=O) groups excluding carboxylic acids is 1. The highest BCUT2D eigenvalue weighted by Crippen LogP contribution is 2.40. The second kappa shape index (κ2) is 5.50. The number of carbonyl (C=O) groups is 1. The van der Waals surface area contributed by atoms with E-state index in [0.29, 0.717) is 42.7 Å². The summed E-state index contributed by atoms with van der Waals surface area (Å²) in [7, 11) is 0. The van der Waals surface area contributed by atoms with Crippen molar-refractivity contribution in [1.82, 2.24) is 5.32 Å². The molecule has 3 N–H and O–H groups in total. The van der Waals surface area contributed by atoms with Crippen LogP contribution < -0.4 is 20.5 Å². The second-order valence-corrected chi connectivity index (χ2v) is 6.69. The first-order valence-corrected chi connectivity index (χ1v) is 7.94. The van der Waals surface area contributed by atoms with E-state index in [9.17, 15) is 4.79 Å². The fraction of sp³-hybridized carbons (Fsp3) is 0.533. The number of hydrogen-bond donors (Lipinski definition) is 2. The average Bonchev–Trinajstić information content (AvgIpc) is 3.32. The van der Waals surface area contributed by atoms with Crippen LogP contribution in [0.3, 0.4) is 0 Å². The van der Waals surface area contributed by atoms with Crippen LogP contribution in [0.15, 0.2) is 16.6 Å². The van der Waals surface area contributed by atoms with Crippen LogP contribution in [0, 0.1) is 5.92 Å². The van der Waals surface area contributed by atoms with E-state index < -0.39 is 0 Å². The van der Waals surface area contributed by atoms with E-state index in [1.807, 2.05) is 6.92 Å². The summed E-state index contributed by atoms with van der Waals surface area (Å²) in [4.78, 5) is 12.5. The van der Waals surface area contributed by atoms with Crippen molar-refractivity contribution >= 4 is 21.8 Å². The van der Waals surface area contributed by atoms with Gasteiger partial charge in [0.15, 0.2) is 11.5 Å². The highest BCUT2D eigenvalue weighted by Gasteiger charge is 2.41. The van der Waals surface area contributed by atoms with Crippen LogP contribution in [0.25, 0.3) is 0 Å². The molecule has 2 aliphatic rings. The van der Waals surface area contributed by atoms with E-state index in [0.717, 1.165) is 17.3 Å². The zero-order valence-electron chi connectivity index (χ0n) is 11.9. The number of fused-ring (bicyclic) bond motifs is 1. The third kappa shape index (κ3) is 2.87. The summed E-state index contributed by atoms with van der Waals surface area (Å²) in [5, 5.41) is 3.07. The van der Waals surface area contributed by atoms with Gasteiger partial charge in [-0.1, -0.05) is 0 Å². The van der Waals surface area contributed by atoms with Gasteiger partial charge in [0.1, 0.15) is 13.2 Å². The standard InChI is InChI=1S/C15H19BrN2O3/c1-15(8-17,10-2-3-10)18-14(19)9-6-11(16)13-12(7-9)20-4-5-21-13/h6-7,10H,2-5,8,17H2,1H3,(H,18,19). The minimum absolute atomic E-state index is 0.132. The van der Waals surface area contributed by atoms with E-state index in [-0.39, 0.29) is 11.4 Å². The zero-order chi connectivity index (χ0) is 15.0. The summed E-state index contributed by atoms with van der Waals surface area (Å²) < 4.78 is 11.8. The van der Waals surface area contributed by atoms with Gasteiger partial charge in [0.05, 0.1) is 10.0 Å². The molecule has 1 aliphatic carbocycles. The van der Waals surface area contributed by atoms with Crippen molar-refractivity contribution in [2.75, 3.05) is 19.8 Å². The van der Waals surface area contributed by atoms with E-state index in [1.54, 1.807) is 12.1 Å². The van der Waals surface area contributed by atoms with Gasteiger partial charge in [0, 0.05) is 12.1 Å². The Hall–Kier alpha value is -1.27. The summed E-state index contributed by atoms with van der Waals surface area (Å²) in [5.74, 6) is 1.60. The van der Waals surface area contributed by atoms with E-state index in [4.69, 9.17) is 15.2 Å². The molecule has 1 saturated carbocycles. The van der Waals surface area contributed by atoms with E-state index >= 15 is 0 Å². The molecule has 1 unspecified atom stereocenters. The Morgan fingerprint density at radius 1 is 1.43 bits per heavy atom. The van der Waals surface area contributed by atoms with Crippen molar-refractivity contribution in [3.05, 3.63) is 22.2 Å². The Morgan fingerprint density at radius 3 is 2.81 bits per heavy atom. The maximum absolute atomic E-state index is 12.5. The summed E-state index contributed by atoms with van der Waals surface area (Å²) in [6.07, 6.45) is 2.25. The lowest BCUT2D eigenvalue weighted by molar-refractivity contribution is 0.0896. The molecule has 0 radical (unpaired) electrons. The Morgan fingerprint density at radius 2 is 2.14 bits per heavy atom. The van der Waals surface area contributed by atoms with Crippen molar-refractivity contribution in [1.29, 1.82) is 0 Å². The van der Waals surface area contributed by atoms with Gasteiger partial charge in [0.25, 0.3) is 5.91 Å². The normalized spacial score (nSPS) is 19.8. The number of ether oxygens (including phenoxy) is 2. The van der Waals surface area contributed by atoms with Crippen LogP contribution in [0.1, 0.15) is 30.1 Å². The van der Waals surface area contributed by atoms with Crippen molar-refractivity contribution in [2.24, 2.45) is 11.7 Å². The quantitative estimate of drug-likeness (QED) is 0.867. The molecule has 1 aromatic rings. The van der Waals surface area contributed by atoms with Crippen molar-refractivity contribution in [3.8, 4) is 11.5 Å². The van der Waals surface area contributed by atoms with Gasteiger partial charge in [-0.3, -0.25) is 4.79 Å². The summed E-state index contributed by atoms with van der Waals surface area (Å²) in [6.45, 7) is 3.46. The third-order valence-corrected chi connectivity index (χ3v) is 4.75. The van der Waals surface area contributed by atoms with E-state index in [2.05, 4.69) is 21.2 Å². The number of halogens is 1. The van der Waals surface area contributed by atoms with Crippen LogP contribution in [0.5, 0.6) is 11.5 Å². The van der Waals surface area contributed by atoms with Gasteiger partial charge in [-0.25, -0.2) is 0 Å². The molecule has 1 atom stereocenters. The minimum Gasteiger partial charge on any atom is -0.486 e. The first-order chi connectivity index (χ1) is 10.0. The number of amides is 1. The topological polar surface area (TPSA) is 73.6 Å². The molecule has 0 spiro atoms. The third-order valence-electron chi connectivity index (χ3n) is 4.16. The number of nitrogens with one attached hydrogen (secondary N) is 1. The molecule has 114 valence electrons. The molecule has 1 fully saturated rings. The van der Waals surface area contributed by atoms with Crippen LogP contribution in [0.4, 0.5) is 0 Å². The molecular weight excluding hydrogens is 336 g/mol. The lowest BCUT2D eigenvalue weighted by Gasteiger charge is -2.30. The number of nitrogens with two attached hydrogens (primary N) is 1. The Balaban J connectivity index is 1.83. The maximum Gasteiger partial charge on any atom is 0.251 e. The molecule has 1 amide bonds. The predicted molar refractivity (Wildman–Crippen MR) is 82.8 cm³/mol. The first kappa shape index (κ1) is 14.7. The molecule has 5 nitrogen and oxygen atoms in total. The molecule has 1 aliphatic heterocycles. The monoisotopic (exact) mass is 354 g/mol. The number of rotatable bonds is 4. The van der Waals surface area contributed by atoms with Gasteiger partial charge in [-0.05, 0) is 53.7 Å². The first-order valence-electron chi connectivity index (χ1n) is 7.15. The predicted octanol–water partition coefficient (Wildman–Crippen LogP) is 2.08. The second-order valence-electron chi connectivity index (χ2n) is 5.83. The SMILES string of the molecule is CC(CN)(NC(=O)c1cc(Br)c2c(c1)OCCO2)C1CC1. The van der Waals surface area contributed by atoms with Gasteiger partial charge in [0.2, 0.25) is 0 Å². The molecule has 1 aromatic carbocycles. The molecule has 3 rings (SSSR count). The van der Waals surface area contributed by atoms with Crippen LogP contribution in [-0.2, 0) is 0 Å². The van der Waals surface area contributed by atoms with Crippen molar-refractivity contribution in [2.45, 2.75) is 25.3 Å². The molecular formula is C15H19BrN2O3. The smallest absolute Gasteiger partial charge is 0.251 e. The summed E-state index contributed by atoms with van der Waals surface area (Å²) >= 11 is 3.43. The highest BCUT2D eigenvalue weighted by molar-refractivity contribution is 9.10. The number of hydrogen-bond acceptors (Lipinski definition) is 4. The van der Waals surface area contributed by atoms with Gasteiger partial charge in [-0.2, -0.15) is 0 Å². The number of benzene rings is 1. The Kier molecular flexibility index (Phi) is 3.84. The van der Waals surface area contributed by atoms with E-state index in [1.165, 1.54) is 0 Å². The molecule has 0 saturated heterocycles. The largest absolute Gasteiger partial charge is 0.486 e. The lowest BCUT2D eigenvalue weighted by Crippen LogP contribution is -2.53. The van der Waals surface area contributed by atoms with Gasteiger partial charge < -0.3 is 20.5 Å². The van der Waals surface area contributed by atoms with Crippen molar-refractivity contribution in [3.63, 3.8) is 0 Å². The maximum atomic E-state index is 12.5. The molecule has 0 bridgehead atoms. The fourth-order valence-corrected chi connectivity index (χ4v) is 3.17. The lowest BCUT2D eigenvalue weighted by atomic mass is 9.95. The molecule has 6 heteroatoms. The molecule has 1 heterocycles. The van der Waals surface area contributed by atoms with Crippen LogP contribution in [0.2, 0.25) is 0 Å². The Labute approximate surface area is 132 Å². The average molecular weight is 355 g/mol. The minimum atomic E-state index is -0.336.